The van der Waals surface area contributed by atoms with Crippen LogP contribution < -0.4 is 0 Å². The van der Waals surface area contributed by atoms with Gasteiger partial charge in [0.1, 0.15) is 5.82 Å². The molecule has 0 bridgehead atoms. The van der Waals surface area contributed by atoms with E-state index in [2.05, 4.69) is 23.8 Å². The van der Waals surface area contributed by atoms with Crippen molar-refractivity contribution >= 4 is 0 Å². The Labute approximate surface area is 71.9 Å². The number of hydrogen-bond donors (Lipinski definition) is 0. The van der Waals surface area contributed by atoms with E-state index in [0.29, 0.717) is 11.7 Å². The average molecular weight is 168 g/mol. The van der Waals surface area contributed by atoms with Crippen LogP contribution >= 0.6 is 0 Å². The third-order valence-corrected chi connectivity index (χ3v) is 2.05. The SMILES string of the molecule is CC(C)C(C)c1ncc(F)cn1. The van der Waals surface area contributed by atoms with E-state index in [4.69, 9.17) is 0 Å². The predicted octanol–water partition coefficient (Wildman–Crippen LogP) is 2.38. The molecule has 0 saturated heterocycles. The molecule has 1 aromatic heterocycles. The van der Waals surface area contributed by atoms with E-state index in [0.717, 1.165) is 0 Å². The number of aromatic nitrogens is 2. The smallest absolute Gasteiger partial charge is 0.159 e. The molecule has 66 valence electrons. The quantitative estimate of drug-likeness (QED) is 0.677. The van der Waals surface area contributed by atoms with Crippen molar-refractivity contribution in [2.24, 2.45) is 5.92 Å². The molecular weight excluding hydrogens is 155 g/mol. The van der Waals surface area contributed by atoms with Crippen LogP contribution in [0.2, 0.25) is 0 Å². The second-order valence-electron chi connectivity index (χ2n) is 3.29. The van der Waals surface area contributed by atoms with E-state index in [9.17, 15) is 4.39 Å². The van der Waals surface area contributed by atoms with E-state index in [-0.39, 0.29) is 11.7 Å². The van der Waals surface area contributed by atoms with Crippen LogP contribution in [-0.2, 0) is 0 Å². The molecule has 1 rings (SSSR count). The van der Waals surface area contributed by atoms with Gasteiger partial charge in [0.25, 0.3) is 0 Å². The summed E-state index contributed by atoms with van der Waals surface area (Å²) in [5, 5.41) is 0. The lowest BCUT2D eigenvalue weighted by Gasteiger charge is -2.12. The van der Waals surface area contributed by atoms with Gasteiger partial charge in [0, 0.05) is 5.92 Å². The van der Waals surface area contributed by atoms with E-state index in [1.807, 2.05) is 6.92 Å². The first-order valence-electron chi connectivity index (χ1n) is 4.08. The maximum Gasteiger partial charge on any atom is 0.159 e. The van der Waals surface area contributed by atoms with E-state index >= 15 is 0 Å². The lowest BCUT2D eigenvalue weighted by atomic mass is 9.97. The van der Waals surface area contributed by atoms with Gasteiger partial charge in [0.15, 0.2) is 5.82 Å². The topological polar surface area (TPSA) is 25.8 Å². The van der Waals surface area contributed by atoms with Gasteiger partial charge in [-0.05, 0) is 5.92 Å². The van der Waals surface area contributed by atoms with Gasteiger partial charge in [-0.1, -0.05) is 20.8 Å². The van der Waals surface area contributed by atoms with Crippen molar-refractivity contribution in [3.63, 3.8) is 0 Å². The lowest BCUT2D eigenvalue weighted by Crippen LogP contribution is -2.06. The van der Waals surface area contributed by atoms with E-state index in [1.165, 1.54) is 12.4 Å². The van der Waals surface area contributed by atoms with Crippen molar-refractivity contribution in [1.82, 2.24) is 9.97 Å². The molecule has 1 heterocycles. The molecular formula is C9H13FN2. The summed E-state index contributed by atoms with van der Waals surface area (Å²) in [6.07, 6.45) is 2.42. The van der Waals surface area contributed by atoms with Gasteiger partial charge < -0.3 is 0 Å². The molecule has 0 saturated carbocycles. The molecule has 12 heavy (non-hydrogen) atoms. The molecule has 3 heteroatoms. The maximum atomic E-state index is 12.4. The van der Waals surface area contributed by atoms with Crippen LogP contribution in [0.3, 0.4) is 0 Å². The molecule has 0 radical (unpaired) electrons. The summed E-state index contributed by atoms with van der Waals surface area (Å²) in [4.78, 5) is 7.83. The maximum absolute atomic E-state index is 12.4. The zero-order valence-electron chi connectivity index (χ0n) is 7.58. The zero-order chi connectivity index (χ0) is 9.14. The van der Waals surface area contributed by atoms with Gasteiger partial charge in [-0.25, -0.2) is 14.4 Å². The molecule has 0 fully saturated rings. The first-order valence-corrected chi connectivity index (χ1v) is 4.08. The van der Waals surface area contributed by atoms with Crippen molar-refractivity contribution < 1.29 is 4.39 Å². The Kier molecular flexibility index (Phi) is 2.74. The van der Waals surface area contributed by atoms with Crippen molar-refractivity contribution in [3.05, 3.63) is 24.0 Å². The molecule has 0 spiro atoms. The van der Waals surface area contributed by atoms with Crippen molar-refractivity contribution in [2.75, 3.05) is 0 Å². The molecule has 0 amide bonds. The van der Waals surface area contributed by atoms with Crippen molar-refractivity contribution in [2.45, 2.75) is 26.7 Å². The largest absolute Gasteiger partial charge is 0.238 e. The zero-order valence-corrected chi connectivity index (χ0v) is 7.58. The average Bonchev–Trinajstić information content (AvgIpc) is 2.04. The van der Waals surface area contributed by atoms with Crippen LogP contribution in [0.15, 0.2) is 12.4 Å². The van der Waals surface area contributed by atoms with Crippen LogP contribution in [0.1, 0.15) is 32.5 Å². The van der Waals surface area contributed by atoms with Crippen LogP contribution in [0.5, 0.6) is 0 Å². The van der Waals surface area contributed by atoms with Gasteiger partial charge >= 0.3 is 0 Å². The Bertz CT molecular complexity index is 243. The Morgan fingerprint density at radius 2 is 1.67 bits per heavy atom. The summed E-state index contributed by atoms with van der Waals surface area (Å²) in [5.41, 5.74) is 0. The molecule has 2 nitrogen and oxygen atoms in total. The van der Waals surface area contributed by atoms with Gasteiger partial charge in [0.05, 0.1) is 12.4 Å². The molecule has 1 unspecified atom stereocenters. The van der Waals surface area contributed by atoms with Crippen molar-refractivity contribution in [1.29, 1.82) is 0 Å². The Morgan fingerprint density at radius 1 is 1.17 bits per heavy atom. The monoisotopic (exact) mass is 168 g/mol. The van der Waals surface area contributed by atoms with Crippen LogP contribution in [-0.4, -0.2) is 9.97 Å². The summed E-state index contributed by atoms with van der Waals surface area (Å²) < 4.78 is 12.4. The fourth-order valence-electron chi connectivity index (χ4n) is 0.856. The minimum atomic E-state index is -0.380. The highest BCUT2D eigenvalue weighted by Gasteiger charge is 2.12. The van der Waals surface area contributed by atoms with E-state index < -0.39 is 0 Å². The molecule has 1 aromatic rings. The highest BCUT2D eigenvalue weighted by molar-refractivity contribution is 4.97. The van der Waals surface area contributed by atoms with Gasteiger partial charge in [-0.15, -0.1) is 0 Å². The highest BCUT2D eigenvalue weighted by Crippen LogP contribution is 2.19. The fourth-order valence-corrected chi connectivity index (χ4v) is 0.856. The Balaban J connectivity index is 2.82. The summed E-state index contributed by atoms with van der Waals surface area (Å²) in [6, 6.07) is 0. The third kappa shape index (κ3) is 2.00. The second-order valence-corrected chi connectivity index (χ2v) is 3.29. The van der Waals surface area contributed by atoms with Crippen molar-refractivity contribution in [3.8, 4) is 0 Å². The second kappa shape index (κ2) is 3.61. The minimum absolute atomic E-state index is 0.283. The number of rotatable bonds is 2. The Morgan fingerprint density at radius 3 is 2.08 bits per heavy atom. The van der Waals surface area contributed by atoms with Gasteiger partial charge in [-0.3, -0.25) is 0 Å². The van der Waals surface area contributed by atoms with Crippen LogP contribution in [0.4, 0.5) is 4.39 Å². The standard InChI is InChI=1S/C9H13FN2/c1-6(2)7(3)9-11-4-8(10)5-12-9/h4-7H,1-3H3. The number of nitrogens with zero attached hydrogens (tertiary/aromatic N) is 2. The fraction of sp³-hybridized carbons (Fsp3) is 0.556. The van der Waals surface area contributed by atoms with E-state index in [1.54, 1.807) is 0 Å². The lowest BCUT2D eigenvalue weighted by molar-refractivity contribution is 0.503. The van der Waals surface area contributed by atoms with Crippen LogP contribution in [0.25, 0.3) is 0 Å². The predicted molar refractivity (Wildman–Crippen MR) is 45.2 cm³/mol. The molecule has 0 aromatic carbocycles. The molecule has 0 aliphatic heterocycles. The molecule has 0 aliphatic carbocycles. The minimum Gasteiger partial charge on any atom is -0.238 e. The normalized spacial score (nSPS) is 13.4. The van der Waals surface area contributed by atoms with Gasteiger partial charge in [0.2, 0.25) is 0 Å². The van der Waals surface area contributed by atoms with Gasteiger partial charge in [-0.2, -0.15) is 0 Å². The molecule has 0 N–H and O–H groups in total. The Hall–Kier alpha value is -0.990. The first-order chi connectivity index (χ1) is 5.61. The first kappa shape index (κ1) is 9.10. The summed E-state index contributed by atoms with van der Waals surface area (Å²) >= 11 is 0. The number of hydrogen-bond acceptors (Lipinski definition) is 2. The highest BCUT2D eigenvalue weighted by atomic mass is 19.1. The summed E-state index contributed by atoms with van der Waals surface area (Å²) in [7, 11) is 0. The third-order valence-electron chi connectivity index (χ3n) is 2.05. The van der Waals surface area contributed by atoms with Crippen LogP contribution in [0, 0.1) is 11.7 Å². The summed E-state index contributed by atoms with van der Waals surface area (Å²) in [6.45, 7) is 6.23. The number of halogens is 1. The summed E-state index contributed by atoms with van der Waals surface area (Å²) in [5.74, 6) is 1.10. The molecule has 0 aliphatic rings. The molecule has 1 atom stereocenters.